The fourth-order valence-electron chi connectivity index (χ4n) is 4.24. The Balaban J connectivity index is 1.45. The van der Waals surface area contributed by atoms with Crippen LogP contribution in [0.2, 0.25) is 0 Å². The first kappa shape index (κ1) is 19.8. The van der Waals surface area contributed by atoms with Crippen LogP contribution >= 0.6 is 0 Å². The summed E-state index contributed by atoms with van der Waals surface area (Å²) >= 11 is 0. The fourth-order valence-corrected chi connectivity index (χ4v) is 4.24. The van der Waals surface area contributed by atoms with Crippen molar-refractivity contribution in [1.82, 2.24) is 9.97 Å². The second-order valence-electron chi connectivity index (χ2n) is 8.29. The van der Waals surface area contributed by atoms with E-state index in [0.717, 1.165) is 17.2 Å². The van der Waals surface area contributed by atoms with E-state index in [-0.39, 0.29) is 37.2 Å². The Labute approximate surface area is 186 Å². The van der Waals surface area contributed by atoms with Crippen LogP contribution in [0.1, 0.15) is 17.5 Å². The Morgan fingerprint density at radius 1 is 1.09 bits per heavy atom. The maximum atomic E-state index is 15.1. The van der Waals surface area contributed by atoms with E-state index in [1.165, 1.54) is 6.33 Å². The highest BCUT2D eigenvalue weighted by Gasteiger charge is 2.57. The fraction of sp³-hybridized carbons (Fsp3) is 0.261. The van der Waals surface area contributed by atoms with Gasteiger partial charge in [-0.2, -0.15) is 0 Å². The molecule has 1 unspecified atom stereocenters. The SMILES string of the molecule is NC1=N[C@@]2(CO1)c1cc(-c3cncnc3)ccc1Oc1c(F)cc(OCC3CC3(F)F)cc12. The highest BCUT2D eigenvalue weighted by molar-refractivity contribution is 5.78. The van der Waals surface area contributed by atoms with E-state index in [2.05, 4.69) is 15.0 Å². The lowest BCUT2D eigenvalue weighted by molar-refractivity contribution is 0.0855. The van der Waals surface area contributed by atoms with Gasteiger partial charge in [-0.05, 0) is 23.8 Å². The first-order valence-electron chi connectivity index (χ1n) is 10.3. The van der Waals surface area contributed by atoms with Crippen molar-refractivity contribution in [3.05, 3.63) is 66.0 Å². The Morgan fingerprint density at radius 3 is 2.58 bits per heavy atom. The van der Waals surface area contributed by atoms with Crippen molar-refractivity contribution in [2.45, 2.75) is 17.9 Å². The monoisotopic (exact) mass is 454 g/mol. The first-order valence-corrected chi connectivity index (χ1v) is 10.3. The second-order valence-corrected chi connectivity index (χ2v) is 8.29. The number of hydrogen-bond donors (Lipinski definition) is 1. The smallest absolute Gasteiger partial charge is 0.283 e. The zero-order valence-electron chi connectivity index (χ0n) is 17.1. The molecular weight excluding hydrogens is 437 g/mol. The number of hydrogen-bond acceptors (Lipinski definition) is 7. The van der Waals surface area contributed by atoms with Gasteiger partial charge < -0.3 is 19.9 Å². The van der Waals surface area contributed by atoms with E-state index in [1.807, 2.05) is 12.1 Å². The number of nitrogens with two attached hydrogens (primary N) is 1. The van der Waals surface area contributed by atoms with E-state index in [0.29, 0.717) is 16.9 Å². The number of amidine groups is 1. The highest BCUT2D eigenvalue weighted by atomic mass is 19.3. The van der Waals surface area contributed by atoms with Crippen molar-refractivity contribution >= 4 is 6.02 Å². The van der Waals surface area contributed by atoms with E-state index in [1.54, 1.807) is 24.5 Å². The number of alkyl halides is 2. The molecule has 1 saturated carbocycles. The molecule has 1 aromatic heterocycles. The number of aliphatic imine (C=N–C) groups is 1. The number of ether oxygens (including phenoxy) is 3. The van der Waals surface area contributed by atoms with Crippen LogP contribution in [0.4, 0.5) is 13.2 Å². The van der Waals surface area contributed by atoms with Gasteiger partial charge in [-0.25, -0.2) is 28.1 Å². The van der Waals surface area contributed by atoms with E-state index in [9.17, 15) is 8.78 Å². The molecule has 7 nitrogen and oxygen atoms in total. The van der Waals surface area contributed by atoms with E-state index in [4.69, 9.17) is 19.9 Å². The molecule has 0 amide bonds. The maximum Gasteiger partial charge on any atom is 0.283 e. The summed E-state index contributed by atoms with van der Waals surface area (Å²) < 4.78 is 58.5. The Kier molecular flexibility index (Phi) is 4.11. The molecule has 3 aliphatic rings. The van der Waals surface area contributed by atoms with Gasteiger partial charge in [-0.3, -0.25) is 0 Å². The molecule has 0 bridgehead atoms. The summed E-state index contributed by atoms with van der Waals surface area (Å²) in [4.78, 5) is 12.6. The Morgan fingerprint density at radius 2 is 1.88 bits per heavy atom. The van der Waals surface area contributed by atoms with Gasteiger partial charge in [-0.15, -0.1) is 0 Å². The molecule has 2 aliphatic heterocycles. The average molecular weight is 454 g/mol. The molecule has 3 aromatic rings. The number of halogens is 3. The normalized spacial score (nSPS) is 23.7. The first-order chi connectivity index (χ1) is 15.9. The molecule has 3 heterocycles. The highest BCUT2D eigenvalue weighted by Crippen LogP contribution is 2.54. The summed E-state index contributed by atoms with van der Waals surface area (Å²) in [6.45, 7) is -0.198. The van der Waals surface area contributed by atoms with Crippen molar-refractivity contribution < 1.29 is 27.4 Å². The molecule has 2 N–H and O–H groups in total. The number of rotatable bonds is 4. The molecule has 0 radical (unpaired) electrons. The molecule has 1 fully saturated rings. The lowest BCUT2D eigenvalue weighted by atomic mass is 9.80. The standard InChI is InChI=1S/C23H17F3N4O3/c24-18-5-15(31-9-14-6-23(14,25)26)4-17-20(18)33-19-2-1-12(13-7-28-11-29-8-13)3-16(19)22(17)10-32-21(27)30-22/h1-5,7-8,11,14H,6,9-10H2,(H2,27,30)/t14?,22-/m0/s1. The van der Waals surface area contributed by atoms with E-state index >= 15 is 4.39 Å². The number of nitrogens with zero attached hydrogens (tertiary/aromatic N) is 3. The maximum absolute atomic E-state index is 15.1. The summed E-state index contributed by atoms with van der Waals surface area (Å²) in [5, 5.41) is 0. The number of fused-ring (bicyclic) bond motifs is 4. The van der Waals surface area contributed by atoms with Crippen molar-refractivity contribution in [2.75, 3.05) is 13.2 Å². The zero-order valence-corrected chi connectivity index (χ0v) is 17.1. The summed E-state index contributed by atoms with van der Waals surface area (Å²) in [6, 6.07) is 7.99. The zero-order chi connectivity index (χ0) is 22.8. The molecule has 33 heavy (non-hydrogen) atoms. The molecule has 1 aliphatic carbocycles. The molecule has 6 rings (SSSR count). The van der Waals surface area contributed by atoms with Crippen LogP contribution in [0.25, 0.3) is 11.1 Å². The third kappa shape index (κ3) is 3.16. The largest absolute Gasteiger partial charge is 0.493 e. The average Bonchev–Trinajstić information content (AvgIpc) is 3.24. The van der Waals surface area contributed by atoms with Crippen LogP contribution in [0.3, 0.4) is 0 Å². The molecular formula is C23H17F3N4O3. The Hall–Kier alpha value is -3.82. The van der Waals surface area contributed by atoms with Crippen molar-refractivity contribution in [3.63, 3.8) is 0 Å². The number of aromatic nitrogens is 2. The number of benzene rings is 2. The minimum absolute atomic E-state index is 0.0144. The molecule has 168 valence electrons. The van der Waals surface area contributed by atoms with Crippen LogP contribution in [-0.2, 0) is 10.3 Å². The minimum atomic E-state index is -2.73. The third-order valence-corrected chi connectivity index (χ3v) is 6.13. The van der Waals surface area contributed by atoms with E-state index < -0.39 is 23.2 Å². The summed E-state index contributed by atoms with van der Waals surface area (Å²) in [5.41, 5.74) is 7.20. The van der Waals surface area contributed by atoms with Gasteiger partial charge in [0, 0.05) is 41.6 Å². The predicted molar refractivity (Wildman–Crippen MR) is 111 cm³/mol. The molecule has 0 saturated heterocycles. The van der Waals surface area contributed by atoms with Crippen LogP contribution in [0, 0.1) is 11.7 Å². The van der Waals surface area contributed by atoms with Gasteiger partial charge in [0.2, 0.25) is 0 Å². The predicted octanol–water partition coefficient (Wildman–Crippen LogP) is 4.01. The van der Waals surface area contributed by atoms with Crippen molar-refractivity contribution in [1.29, 1.82) is 0 Å². The topological polar surface area (TPSA) is 91.9 Å². The van der Waals surface area contributed by atoms with Crippen LogP contribution in [-0.4, -0.2) is 35.1 Å². The van der Waals surface area contributed by atoms with Crippen LogP contribution in [0.5, 0.6) is 17.2 Å². The molecule has 2 atom stereocenters. The van der Waals surface area contributed by atoms with Crippen LogP contribution < -0.4 is 15.2 Å². The van der Waals surface area contributed by atoms with Gasteiger partial charge in [-0.1, -0.05) is 6.07 Å². The van der Waals surface area contributed by atoms with Gasteiger partial charge >= 0.3 is 0 Å². The third-order valence-electron chi connectivity index (χ3n) is 6.13. The lowest BCUT2D eigenvalue weighted by Crippen LogP contribution is -2.31. The van der Waals surface area contributed by atoms with Crippen molar-refractivity contribution in [2.24, 2.45) is 16.6 Å². The quantitative estimate of drug-likeness (QED) is 0.641. The van der Waals surface area contributed by atoms with Gasteiger partial charge in [0.15, 0.2) is 17.1 Å². The van der Waals surface area contributed by atoms with Crippen LogP contribution in [0.15, 0.2) is 54.0 Å². The summed E-state index contributed by atoms with van der Waals surface area (Å²) in [7, 11) is 0. The van der Waals surface area contributed by atoms with Gasteiger partial charge in [0.1, 0.15) is 24.4 Å². The minimum Gasteiger partial charge on any atom is -0.493 e. The van der Waals surface area contributed by atoms with Gasteiger partial charge in [0.25, 0.3) is 11.9 Å². The summed E-state index contributed by atoms with van der Waals surface area (Å²) in [6.07, 6.45) is 4.53. The molecule has 2 aromatic carbocycles. The van der Waals surface area contributed by atoms with Gasteiger partial charge in [0.05, 0.1) is 12.5 Å². The Bertz CT molecular complexity index is 1300. The van der Waals surface area contributed by atoms with Crippen molar-refractivity contribution in [3.8, 4) is 28.4 Å². The summed E-state index contributed by atoms with van der Waals surface area (Å²) in [5.74, 6) is -3.84. The lowest BCUT2D eigenvalue weighted by Gasteiger charge is -2.34. The molecule has 10 heteroatoms. The molecule has 1 spiro atoms. The second kappa shape index (κ2) is 6.84.